The second-order valence-electron chi connectivity index (χ2n) is 5.44. The minimum atomic E-state index is 0.334. The van der Waals surface area contributed by atoms with Crippen molar-refractivity contribution in [1.82, 2.24) is 0 Å². The van der Waals surface area contributed by atoms with Gasteiger partial charge in [0.1, 0.15) is 17.8 Å². The molecule has 22 heavy (non-hydrogen) atoms. The first-order chi connectivity index (χ1) is 10.8. The Bertz CT molecular complexity index is 625. The summed E-state index contributed by atoms with van der Waals surface area (Å²) in [6.07, 6.45) is 3.84. The van der Waals surface area contributed by atoms with E-state index in [9.17, 15) is 4.79 Å². The van der Waals surface area contributed by atoms with E-state index in [1.54, 1.807) is 12.1 Å². The van der Waals surface area contributed by atoms with Crippen molar-refractivity contribution in [2.75, 3.05) is 11.4 Å². The number of benzene rings is 2. The first kappa shape index (κ1) is 14.9. The lowest BCUT2D eigenvalue weighted by Crippen LogP contribution is -2.29. The third-order valence-electron chi connectivity index (χ3n) is 3.96. The normalized spacial score (nSPS) is 17.5. The van der Waals surface area contributed by atoms with Crippen molar-refractivity contribution in [1.29, 1.82) is 0 Å². The average Bonchev–Trinajstić information content (AvgIpc) is 2.99. The van der Waals surface area contributed by atoms with Crippen LogP contribution >= 0.6 is 11.6 Å². The molecule has 0 radical (unpaired) electrons. The highest BCUT2D eigenvalue weighted by atomic mass is 35.5. The molecule has 1 unspecified atom stereocenters. The van der Waals surface area contributed by atoms with E-state index < -0.39 is 0 Å². The number of ether oxygens (including phenoxy) is 1. The largest absolute Gasteiger partial charge is 0.457 e. The van der Waals surface area contributed by atoms with Crippen LogP contribution in [0, 0.1) is 0 Å². The van der Waals surface area contributed by atoms with Crippen molar-refractivity contribution in [2.24, 2.45) is 0 Å². The van der Waals surface area contributed by atoms with E-state index in [4.69, 9.17) is 16.3 Å². The fourth-order valence-corrected chi connectivity index (χ4v) is 3.00. The average molecular weight is 316 g/mol. The molecule has 114 valence electrons. The molecule has 3 nitrogen and oxygen atoms in total. The summed E-state index contributed by atoms with van der Waals surface area (Å²) in [5.74, 6) is 1.55. The molecule has 0 aromatic heterocycles. The standard InChI is InChI=1S/C18H18ClNO2/c19-14-3-7-17(8-4-14)22-18-9-5-16(6-10-18)20-12-1-2-15(20)11-13-21/h3-10,13,15H,1-2,11-12H2. The third kappa shape index (κ3) is 3.42. The Morgan fingerprint density at radius 3 is 2.36 bits per heavy atom. The van der Waals surface area contributed by atoms with Gasteiger partial charge < -0.3 is 14.4 Å². The number of hydrogen-bond donors (Lipinski definition) is 0. The van der Waals surface area contributed by atoms with Gasteiger partial charge >= 0.3 is 0 Å². The van der Waals surface area contributed by atoms with Gasteiger partial charge in [-0.1, -0.05) is 11.6 Å². The Balaban J connectivity index is 1.69. The lowest BCUT2D eigenvalue weighted by molar-refractivity contribution is -0.108. The van der Waals surface area contributed by atoms with E-state index in [0.717, 1.165) is 42.9 Å². The van der Waals surface area contributed by atoms with Crippen LogP contribution in [0.15, 0.2) is 48.5 Å². The first-order valence-electron chi connectivity index (χ1n) is 7.50. The van der Waals surface area contributed by atoms with Crippen molar-refractivity contribution >= 4 is 23.6 Å². The van der Waals surface area contributed by atoms with E-state index >= 15 is 0 Å². The van der Waals surface area contributed by atoms with Crippen LogP contribution in [0.25, 0.3) is 0 Å². The van der Waals surface area contributed by atoms with Crippen LogP contribution in [0.3, 0.4) is 0 Å². The van der Waals surface area contributed by atoms with Crippen LogP contribution in [0.2, 0.25) is 5.02 Å². The fraction of sp³-hybridized carbons (Fsp3) is 0.278. The second kappa shape index (κ2) is 6.84. The number of anilines is 1. The quantitative estimate of drug-likeness (QED) is 0.750. The Kier molecular flexibility index (Phi) is 4.64. The van der Waals surface area contributed by atoms with Gasteiger partial charge in [-0.2, -0.15) is 0 Å². The molecular formula is C18H18ClNO2. The summed E-state index contributed by atoms with van der Waals surface area (Å²) >= 11 is 5.86. The maximum absolute atomic E-state index is 10.8. The Morgan fingerprint density at radius 1 is 1.09 bits per heavy atom. The van der Waals surface area contributed by atoms with Gasteiger partial charge in [0.15, 0.2) is 0 Å². The molecule has 0 spiro atoms. The second-order valence-corrected chi connectivity index (χ2v) is 5.88. The monoisotopic (exact) mass is 315 g/mol. The van der Waals surface area contributed by atoms with Crippen molar-refractivity contribution in [3.8, 4) is 11.5 Å². The highest BCUT2D eigenvalue weighted by Gasteiger charge is 2.24. The predicted molar refractivity (Wildman–Crippen MR) is 89.0 cm³/mol. The third-order valence-corrected chi connectivity index (χ3v) is 4.22. The van der Waals surface area contributed by atoms with Gasteiger partial charge in [-0.25, -0.2) is 0 Å². The van der Waals surface area contributed by atoms with E-state index in [-0.39, 0.29) is 0 Å². The van der Waals surface area contributed by atoms with E-state index in [0.29, 0.717) is 17.5 Å². The molecule has 1 atom stereocenters. The van der Waals surface area contributed by atoms with Gasteiger partial charge in [-0.05, 0) is 61.4 Å². The first-order valence-corrected chi connectivity index (χ1v) is 7.88. The number of carbonyl (C=O) groups excluding carboxylic acids is 1. The summed E-state index contributed by atoms with van der Waals surface area (Å²) in [5, 5.41) is 0.693. The number of hydrogen-bond acceptors (Lipinski definition) is 3. The predicted octanol–water partition coefficient (Wildman–Crippen LogP) is 4.69. The lowest BCUT2D eigenvalue weighted by Gasteiger charge is -2.25. The molecular weight excluding hydrogens is 298 g/mol. The number of rotatable bonds is 5. The molecule has 3 rings (SSSR count). The van der Waals surface area contributed by atoms with Gasteiger partial charge in [0, 0.05) is 29.7 Å². The molecule has 1 fully saturated rings. The van der Waals surface area contributed by atoms with Crippen LogP contribution in [0.1, 0.15) is 19.3 Å². The molecule has 0 bridgehead atoms. The molecule has 0 aliphatic carbocycles. The summed E-state index contributed by atoms with van der Waals surface area (Å²) in [4.78, 5) is 13.1. The summed E-state index contributed by atoms with van der Waals surface area (Å²) in [7, 11) is 0. The Hall–Kier alpha value is -2.00. The van der Waals surface area contributed by atoms with Crippen LogP contribution in [0.4, 0.5) is 5.69 Å². The Labute approximate surface area is 135 Å². The minimum Gasteiger partial charge on any atom is -0.457 e. The van der Waals surface area contributed by atoms with Crippen LogP contribution in [0.5, 0.6) is 11.5 Å². The van der Waals surface area contributed by atoms with E-state index in [1.165, 1.54) is 0 Å². The van der Waals surface area contributed by atoms with Gasteiger partial charge in [0.2, 0.25) is 0 Å². The molecule has 1 saturated heterocycles. The number of halogens is 1. The van der Waals surface area contributed by atoms with Crippen molar-refractivity contribution in [2.45, 2.75) is 25.3 Å². The molecule has 0 saturated carbocycles. The van der Waals surface area contributed by atoms with Gasteiger partial charge in [0.25, 0.3) is 0 Å². The van der Waals surface area contributed by atoms with Crippen molar-refractivity contribution in [3.63, 3.8) is 0 Å². The molecule has 1 heterocycles. The van der Waals surface area contributed by atoms with Crippen LogP contribution in [-0.4, -0.2) is 18.9 Å². The van der Waals surface area contributed by atoms with E-state index in [2.05, 4.69) is 4.90 Å². The summed E-state index contributed by atoms with van der Waals surface area (Å²) < 4.78 is 5.79. The Morgan fingerprint density at radius 2 is 1.73 bits per heavy atom. The molecule has 2 aromatic carbocycles. The summed E-state index contributed by atoms with van der Waals surface area (Å²) in [6, 6.07) is 15.6. The van der Waals surface area contributed by atoms with Gasteiger partial charge in [-0.15, -0.1) is 0 Å². The highest BCUT2D eigenvalue weighted by molar-refractivity contribution is 6.30. The molecule has 1 aliphatic rings. The van der Waals surface area contributed by atoms with Gasteiger partial charge in [-0.3, -0.25) is 0 Å². The van der Waals surface area contributed by atoms with Crippen LogP contribution < -0.4 is 9.64 Å². The summed E-state index contributed by atoms with van der Waals surface area (Å²) in [6.45, 7) is 1.01. The number of nitrogens with zero attached hydrogens (tertiary/aromatic N) is 1. The number of carbonyl (C=O) groups is 1. The molecule has 1 aliphatic heterocycles. The maximum Gasteiger partial charge on any atom is 0.127 e. The molecule has 2 aromatic rings. The van der Waals surface area contributed by atoms with Crippen molar-refractivity contribution < 1.29 is 9.53 Å². The molecule has 0 N–H and O–H groups in total. The zero-order valence-corrected chi connectivity index (χ0v) is 13.0. The lowest BCUT2D eigenvalue weighted by atomic mass is 10.1. The van der Waals surface area contributed by atoms with Crippen LogP contribution in [-0.2, 0) is 4.79 Å². The zero-order valence-electron chi connectivity index (χ0n) is 12.2. The fourth-order valence-electron chi connectivity index (χ4n) is 2.88. The SMILES string of the molecule is O=CCC1CCCN1c1ccc(Oc2ccc(Cl)cc2)cc1. The van der Waals surface area contributed by atoms with E-state index in [1.807, 2.05) is 36.4 Å². The van der Waals surface area contributed by atoms with Crippen molar-refractivity contribution in [3.05, 3.63) is 53.6 Å². The molecule has 4 heteroatoms. The maximum atomic E-state index is 10.8. The number of aldehydes is 1. The minimum absolute atomic E-state index is 0.334. The topological polar surface area (TPSA) is 29.5 Å². The summed E-state index contributed by atoms with van der Waals surface area (Å²) in [5.41, 5.74) is 1.15. The van der Waals surface area contributed by atoms with Gasteiger partial charge in [0.05, 0.1) is 0 Å². The smallest absolute Gasteiger partial charge is 0.127 e. The highest BCUT2D eigenvalue weighted by Crippen LogP contribution is 2.30. The molecule has 0 amide bonds. The zero-order chi connectivity index (χ0) is 15.4.